The van der Waals surface area contributed by atoms with Crippen molar-refractivity contribution >= 4 is 17.6 Å². The van der Waals surface area contributed by atoms with Crippen molar-refractivity contribution in [3.05, 3.63) is 70.9 Å². The van der Waals surface area contributed by atoms with Gasteiger partial charge in [0, 0.05) is 36.1 Å². The van der Waals surface area contributed by atoms with E-state index in [-0.39, 0.29) is 22.6 Å². The lowest BCUT2D eigenvalue weighted by atomic mass is 10.00. The van der Waals surface area contributed by atoms with Crippen molar-refractivity contribution in [1.82, 2.24) is 25.5 Å². The largest absolute Gasteiger partial charge is 0.337 e. The van der Waals surface area contributed by atoms with Gasteiger partial charge in [-0.1, -0.05) is 30.3 Å². The molecule has 1 aromatic carbocycles. The van der Waals surface area contributed by atoms with E-state index in [9.17, 15) is 14.9 Å². The lowest BCUT2D eigenvalue weighted by molar-refractivity contribution is -0.121. The van der Waals surface area contributed by atoms with Crippen LogP contribution in [0.1, 0.15) is 46.0 Å². The summed E-state index contributed by atoms with van der Waals surface area (Å²) in [6, 6.07) is 13.0. The van der Waals surface area contributed by atoms with Gasteiger partial charge < -0.3 is 5.32 Å². The Hall–Kier alpha value is -4.06. The van der Waals surface area contributed by atoms with Gasteiger partial charge in [-0.3, -0.25) is 19.6 Å². The number of likely N-dealkylation sites (N-methyl/N-ethyl adjacent to an activating group) is 1. The first kappa shape index (κ1) is 18.7. The zero-order chi connectivity index (χ0) is 22.1. The number of hydrogen-bond acceptors (Lipinski definition) is 6. The lowest BCUT2D eigenvalue weighted by Gasteiger charge is -2.26. The molecule has 1 aliphatic heterocycles. The highest BCUT2D eigenvalue weighted by atomic mass is 16.2. The van der Waals surface area contributed by atoms with Crippen LogP contribution in [0.15, 0.2) is 42.6 Å². The van der Waals surface area contributed by atoms with Crippen molar-refractivity contribution in [1.29, 1.82) is 5.26 Å². The van der Waals surface area contributed by atoms with Crippen LogP contribution in [0.4, 0.5) is 5.82 Å². The number of aromatic amines is 1. The smallest absolute Gasteiger partial charge is 0.291 e. The summed E-state index contributed by atoms with van der Waals surface area (Å²) >= 11 is 0. The molecule has 2 aliphatic carbocycles. The average molecular weight is 425 g/mol. The van der Waals surface area contributed by atoms with Gasteiger partial charge in [0.2, 0.25) is 5.82 Å². The first-order valence-corrected chi connectivity index (χ1v) is 10.4. The van der Waals surface area contributed by atoms with Crippen molar-refractivity contribution < 1.29 is 9.59 Å². The molecule has 0 spiro atoms. The van der Waals surface area contributed by atoms with Gasteiger partial charge in [-0.2, -0.15) is 5.26 Å². The van der Waals surface area contributed by atoms with Gasteiger partial charge in [0.15, 0.2) is 0 Å². The van der Waals surface area contributed by atoms with Crippen LogP contribution in [-0.2, 0) is 16.6 Å². The van der Waals surface area contributed by atoms with E-state index in [4.69, 9.17) is 0 Å². The molecule has 2 fully saturated rings. The normalized spacial score (nSPS) is 26.8. The number of nitrogens with zero attached hydrogens (tertiary/aromatic N) is 5. The third-order valence-corrected chi connectivity index (χ3v) is 7.12. The number of rotatable bonds is 4. The Balaban J connectivity index is 1.25. The number of carbonyl (C=O) groups excluding carboxylic acids is 2. The maximum atomic E-state index is 13.3. The Morgan fingerprint density at radius 1 is 1.34 bits per heavy atom. The number of carbonyl (C=O) groups is 2. The topological polar surface area (TPSA) is 128 Å². The Morgan fingerprint density at radius 2 is 2.12 bits per heavy atom. The summed E-state index contributed by atoms with van der Waals surface area (Å²) in [5, 5.41) is 19.0. The summed E-state index contributed by atoms with van der Waals surface area (Å²) in [6.07, 6.45) is 3.59. The van der Waals surface area contributed by atoms with E-state index in [1.807, 2.05) is 36.4 Å². The minimum absolute atomic E-state index is 0.0151. The number of nitrogens with one attached hydrogen (secondary N) is 2. The Morgan fingerprint density at radius 3 is 2.88 bits per heavy atom. The SMILES string of the molecule is CN1C(=O)[C@@H](NC(=O)c2n[nH]c(Cc3ccccc3)n2)C23CC2(C3)c2cc(C#N)cnc21. The second-order valence-corrected chi connectivity index (χ2v) is 8.87. The van der Waals surface area contributed by atoms with Crippen LogP contribution in [0.5, 0.6) is 0 Å². The second kappa shape index (κ2) is 6.23. The van der Waals surface area contributed by atoms with Gasteiger partial charge in [0.05, 0.1) is 5.56 Å². The van der Waals surface area contributed by atoms with Gasteiger partial charge in [-0.25, -0.2) is 9.97 Å². The number of H-pyrrole nitrogens is 1. The molecular formula is C23H19N7O2. The third-order valence-electron chi connectivity index (χ3n) is 7.12. The molecule has 2 amide bonds. The number of pyridine rings is 1. The molecule has 1 atom stereocenters. The molecule has 3 aliphatic rings. The zero-order valence-electron chi connectivity index (χ0n) is 17.3. The van der Waals surface area contributed by atoms with Gasteiger partial charge in [-0.15, -0.1) is 5.10 Å². The molecule has 9 nitrogen and oxygen atoms in total. The molecule has 2 N–H and O–H groups in total. The standard InChI is InChI=1S/C23H19N7O2/c1-30-19-15(7-14(9-24)10-25-19)22-11-23(22,12-22)17(21(30)32)27-20(31)18-26-16(28-29-18)8-13-5-3-2-4-6-13/h2-7,10,17H,8,11-12H2,1H3,(H,27,31)(H,26,28,29)/t17-,22?,23?/m1/s1. The van der Waals surface area contributed by atoms with E-state index in [0.717, 1.165) is 24.0 Å². The van der Waals surface area contributed by atoms with Crippen molar-refractivity contribution in [2.75, 3.05) is 11.9 Å². The number of aromatic nitrogens is 4. The highest BCUT2D eigenvalue weighted by Crippen LogP contribution is 2.88. The van der Waals surface area contributed by atoms with Crippen LogP contribution in [0, 0.1) is 16.7 Å². The number of hydrogen-bond donors (Lipinski definition) is 2. The monoisotopic (exact) mass is 425 g/mol. The van der Waals surface area contributed by atoms with E-state index in [1.54, 1.807) is 7.05 Å². The van der Waals surface area contributed by atoms with Gasteiger partial charge in [0.1, 0.15) is 23.8 Å². The van der Waals surface area contributed by atoms with Crippen molar-refractivity contribution in [3.63, 3.8) is 0 Å². The van der Waals surface area contributed by atoms with Crippen molar-refractivity contribution in [3.8, 4) is 6.07 Å². The van der Waals surface area contributed by atoms with Crippen LogP contribution in [-0.4, -0.2) is 45.1 Å². The van der Waals surface area contributed by atoms with E-state index >= 15 is 0 Å². The van der Waals surface area contributed by atoms with E-state index in [1.165, 1.54) is 11.1 Å². The Kier molecular flexibility index (Phi) is 3.64. The Labute approximate surface area is 183 Å². The fourth-order valence-electron chi connectivity index (χ4n) is 5.21. The Bertz CT molecular complexity index is 1320. The molecule has 0 saturated heterocycles. The minimum Gasteiger partial charge on any atom is -0.337 e. The van der Waals surface area contributed by atoms with E-state index in [2.05, 4.69) is 31.6 Å². The molecule has 6 rings (SSSR count). The maximum Gasteiger partial charge on any atom is 0.291 e. The molecule has 32 heavy (non-hydrogen) atoms. The number of amides is 2. The predicted molar refractivity (Wildman–Crippen MR) is 113 cm³/mol. The fraction of sp³-hybridized carbons (Fsp3) is 0.304. The summed E-state index contributed by atoms with van der Waals surface area (Å²) in [5.74, 6) is 0.464. The number of anilines is 1. The van der Waals surface area contributed by atoms with Crippen LogP contribution >= 0.6 is 0 Å². The summed E-state index contributed by atoms with van der Waals surface area (Å²) < 4.78 is 0. The van der Waals surface area contributed by atoms with E-state index in [0.29, 0.717) is 23.6 Å². The molecule has 3 aromatic rings. The molecule has 3 heterocycles. The number of fused-ring (bicyclic) bond motifs is 1. The molecular weight excluding hydrogens is 406 g/mol. The number of benzene rings is 1. The van der Waals surface area contributed by atoms with E-state index < -0.39 is 11.9 Å². The molecule has 2 aromatic heterocycles. The zero-order valence-corrected chi connectivity index (χ0v) is 17.3. The molecule has 0 unspecified atom stereocenters. The average Bonchev–Trinajstić information content (AvgIpc) is 3.58. The fourth-order valence-corrected chi connectivity index (χ4v) is 5.21. The third kappa shape index (κ3) is 2.46. The summed E-state index contributed by atoms with van der Waals surface area (Å²) in [4.78, 5) is 36.4. The predicted octanol–water partition coefficient (Wildman–Crippen LogP) is 1.47. The van der Waals surface area contributed by atoms with Gasteiger partial charge in [-0.05, 0) is 24.5 Å². The number of nitriles is 1. The molecule has 0 radical (unpaired) electrons. The summed E-state index contributed by atoms with van der Waals surface area (Å²) in [7, 11) is 1.65. The van der Waals surface area contributed by atoms with Crippen LogP contribution in [0.2, 0.25) is 0 Å². The molecule has 0 bridgehead atoms. The summed E-state index contributed by atoms with van der Waals surface area (Å²) in [5.41, 5.74) is 1.93. The second-order valence-electron chi connectivity index (χ2n) is 8.87. The highest BCUT2D eigenvalue weighted by Gasteiger charge is 2.88. The van der Waals surface area contributed by atoms with Crippen LogP contribution in [0.25, 0.3) is 0 Å². The van der Waals surface area contributed by atoms with Crippen molar-refractivity contribution in [2.24, 2.45) is 5.41 Å². The summed E-state index contributed by atoms with van der Waals surface area (Å²) in [6.45, 7) is 0. The molecule has 158 valence electrons. The molecule has 9 heteroatoms. The quantitative estimate of drug-likeness (QED) is 0.652. The van der Waals surface area contributed by atoms with Gasteiger partial charge in [0.25, 0.3) is 11.8 Å². The van der Waals surface area contributed by atoms with Crippen LogP contribution < -0.4 is 10.2 Å². The minimum atomic E-state index is -0.684. The lowest BCUT2D eigenvalue weighted by Crippen LogP contribution is -2.50. The van der Waals surface area contributed by atoms with Gasteiger partial charge >= 0.3 is 0 Å². The highest BCUT2D eigenvalue weighted by molar-refractivity contribution is 6.04. The first-order valence-electron chi connectivity index (χ1n) is 10.4. The first-order chi connectivity index (χ1) is 15.5. The maximum absolute atomic E-state index is 13.3. The molecule has 2 saturated carbocycles. The van der Waals surface area contributed by atoms with Crippen molar-refractivity contribution in [2.45, 2.75) is 30.7 Å². The van der Waals surface area contributed by atoms with Crippen LogP contribution in [0.3, 0.4) is 0 Å².